The van der Waals surface area contributed by atoms with E-state index < -0.39 is 19.2 Å². The first kappa shape index (κ1) is 14.0. The van der Waals surface area contributed by atoms with Gasteiger partial charge in [0.1, 0.15) is 0 Å². The molecule has 0 radical (unpaired) electrons. The van der Waals surface area contributed by atoms with E-state index in [0.29, 0.717) is 5.56 Å². The molecule has 0 aliphatic heterocycles. The highest BCUT2D eigenvalue weighted by atomic mass is 32.1. The summed E-state index contributed by atoms with van der Waals surface area (Å²) in [5.74, 6) is -1.27. The van der Waals surface area contributed by atoms with E-state index in [1.807, 2.05) is 5.38 Å². The van der Waals surface area contributed by atoms with E-state index in [1.165, 1.54) is 11.3 Å². The first-order chi connectivity index (χ1) is 9.07. The zero-order valence-electron chi connectivity index (χ0n) is 9.95. The number of carbonyl (C=O) groups is 1. The number of thiophene rings is 1. The van der Waals surface area contributed by atoms with Gasteiger partial charge in [-0.3, -0.25) is 9.36 Å². The minimum atomic E-state index is -3.30. The van der Waals surface area contributed by atoms with Gasteiger partial charge in [0.2, 0.25) is 8.03 Å². The summed E-state index contributed by atoms with van der Waals surface area (Å²) in [4.78, 5) is 22.1. The lowest BCUT2D eigenvalue weighted by atomic mass is 9.94. The molecular weight excluding hydrogens is 283 g/mol. The van der Waals surface area contributed by atoms with Crippen molar-refractivity contribution in [1.29, 1.82) is 0 Å². The van der Waals surface area contributed by atoms with Gasteiger partial charge in [0.05, 0.1) is 0 Å². The summed E-state index contributed by atoms with van der Waals surface area (Å²) in [6, 6.07) is 11.8. The standard InChI is InChI=1S/C13H13O4PS/c14-12(15)13(18(16)17,9-11-7-4-8-19-11)10-5-2-1-3-6-10/h1-8,18H,9H2,(H,14,15)(H,16,17). The molecular formula is C13H13O4PS. The van der Waals surface area contributed by atoms with E-state index in [0.717, 1.165) is 4.88 Å². The smallest absolute Gasteiger partial charge is 0.324 e. The van der Waals surface area contributed by atoms with Gasteiger partial charge in [-0.15, -0.1) is 11.3 Å². The van der Waals surface area contributed by atoms with Crippen molar-refractivity contribution in [3.63, 3.8) is 0 Å². The van der Waals surface area contributed by atoms with Crippen molar-refractivity contribution in [2.45, 2.75) is 11.6 Å². The molecule has 1 aromatic carbocycles. The van der Waals surface area contributed by atoms with Crippen LogP contribution >= 0.6 is 19.4 Å². The van der Waals surface area contributed by atoms with Gasteiger partial charge in [0.25, 0.3) is 0 Å². The summed E-state index contributed by atoms with van der Waals surface area (Å²) in [5, 5.41) is 9.58. The van der Waals surface area contributed by atoms with Gasteiger partial charge in [0.15, 0.2) is 5.16 Å². The quantitative estimate of drug-likeness (QED) is 0.832. The molecule has 0 amide bonds. The molecule has 2 unspecified atom stereocenters. The molecule has 2 rings (SSSR count). The molecule has 2 N–H and O–H groups in total. The van der Waals surface area contributed by atoms with Crippen molar-refractivity contribution in [2.75, 3.05) is 0 Å². The Morgan fingerprint density at radius 1 is 1.21 bits per heavy atom. The second-order valence-corrected chi connectivity index (χ2v) is 6.63. The molecule has 0 spiro atoms. The Labute approximate surface area is 115 Å². The van der Waals surface area contributed by atoms with Crippen molar-refractivity contribution in [3.8, 4) is 0 Å². The van der Waals surface area contributed by atoms with E-state index >= 15 is 0 Å². The monoisotopic (exact) mass is 296 g/mol. The van der Waals surface area contributed by atoms with Crippen molar-refractivity contribution < 1.29 is 19.4 Å². The van der Waals surface area contributed by atoms with Gasteiger partial charge in [-0.25, -0.2) is 0 Å². The van der Waals surface area contributed by atoms with Crippen molar-refractivity contribution in [3.05, 3.63) is 58.3 Å². The third kappa shape index (κ3) is 2.63. The molecule has 0 saturated heterocycles. The molecule has 4 nitrogen and oxygen atoms in total. The van der Waals surface area contributed by atoms with Crippen LogP contribution in [0.15, 0.2) is 47.8 Å². The van der Waals surface area contributed by atoms with Crippen LogP contribution in [0.25, 0.3) is 0 Å². The number of carboxylic acids is 1. The summed E-state index contributed by atoms with van der Waals surface area (Å²) in [6.07, 6.45) is 0.0261. The number of hydrogen-bond donors (Lipinski definition) is 2. The van der Waals surface area contributed by atoms with Gasteiger partial charge in [-0.2, -0.15) is 0 Å². The molecule has 1 aromatic heterocycles. The lowest BCUT2D eigenvalue weighted by Gasteiger charge is -2.26. The summed E-state index contributed by atoms with van der Waals surface area (Å²) in [7, 11) is -3.30. The molecule has 2 atom stereocenters. The zero-order chi connectivity index (χ0) is 13.9. The Bertz CT molecular complexity index is 566. The normalized spacial score (nSPS) is 15.6. The Morgan fingerprint density at radius 3 is 2.37 bits per heavy atom. The average Bonchev–Trinajstić information content (AvgIpc) is 2.89. The topological polar surface area (TPSA) is 74.6 Å². The number of aliphatic carboxylic acids is 1. The summed E-state index contributed by atoms with van der Waals surface area (Å²) < 4.78 is 11.8. The summed E-state index contributed by atoms with van der Waals surface area (Å²) in [6.45, 7) is 0. The van der Waals surface area contributed by atoms with Crippen LogP contribution in [0.5, 0.6) is 0 Å². The summed E-state index contributed by atoms with van der Waals surface area (Å²) >= 11 is 1.38. The van der Waals surface area contributed by atoms with Crippen molar-refractivity contribution in [1.82, 2.24) is 0 Å². The van der Waals surface area contributed by atoms with Crippen molar-refractivity contribution >= 4 is 25.3 Å². The maximum atomic E-state index is 11.8. The molecule has 0 bridgehead atoms. The fourth-order valence-electron chi connectivity index (χ4n) is 1.99. The summed E-state index contributed by atoms with van der Waals surface area (Å²) in [5.41, 5.74) is 0.363. The highest BCUT2D eigenvalue weighted by Crippen LogP contribution is 2.47. The Hall–Kier alpha value is -1.42. The van der Waals surface area contributed by atoms with E-state index in [4.69, 9.17) is 0 Å². The van der Waals surface area contributed by atoms with Crippen LogP contribution in [0.2, 0.25) is 0 Å². The number of benzene rings is 1. The van der Waals surface area contributed by atoms with E-state index in [9.17, 15) is 19.4 Å². The van der Waals surface area contributed by atoms with Gasteiger partial charge in [0, 0.05) is 11.3 Å². The van der Waals surface area contributed by atoms with Gasteiger partial charge in [-0.05, 0) is 17.0 Å². The van der Waals surface area contributed by atoms with Crippen LogP contribution in [0.1, 0.15) is 10.4 Å². The molecule has 1 heterocycles. The van der Waals surface area contributed by atoms with Crippen LogP contribution in [0, 0.1) is 0 Å². The van der Waals surface area contributed by atoms with Crippen LogP contribution < -0.4 is 0 Å². The Kier molecular flexibility index (Phi) is 4.20. The minimum Gasteiger partial charge on any atom is -0.480 e. The second kappa shape index (κ2) is 5.70. The van der Waals surface area contributed by atoms with E-state index in [2.05, 4.69) is 0 Å². The largest absolute Gasteiger partial charge is 0.480 e. The SMILES string of the molecule is O=C(O)C(Cc1cccs1)(c1ccccc1)[PH](=O)O. The molecule has 0 saturated carbocycles. The Balaban J connectivity index is 2.54. The number of rotatable bonds is 5. The van der Waals surface area contributed by atoms with E-state index in [-0.39, 0.29) is 6.42 Å². The van der Waals surface area contributed by atoms with Crippen LogP contribution in [-0.4, -0.2) is 16.0 Å². The van der Waals surface area contributed by atoms with Crippen LogP contribution in [-0.2, 0) is 20.9 Å². The average molecular weight is 296 g/mol. The fraction of sp³-hybridized carbons (Fsp3) is 0.154. The van der Waals surface area contributed by atoms with Crippen LogP contribution in [0.4, 0.5) is 0 Å². The highest BCUT2D eigenvalue weighted by Gasteiger charge is 2.46. The molecule has 100 valence electrons. The first-order valence-electron chi connectivity index (χ1n) is 5.62. The number of hydrogen-bond acceptors (Lipinski definition) is 3. The Morgan fingerprint density at radius 2 is 1.89 bits per heavy atom. The third-order valence-electron chi connectivity index (χ3n) is 3.02. The van der Waals surface area contributed by atoms with Gasteiger partial charge >= 0.3 is 5.97 Å². The number of carboxylic acid groups (broad SMARTS) is 1. The highest BCUT2D eigenvalue weighted by molar-refractivity contribution is 7.41. The van der Waals surface area contributed by atoms with Gasteiger partial charge < -0.3 is 10.00 Å². The predicted molar refractivity (Wildman–Crippen MR) is 75.0 cm³/mol. The molecule has 0 fully saturated rings. The fourth-order valence-corrected chi connectivity index (χ4v) is 3.84. The van der Waals surface area contributed by atoms with Gasteiger partial charge in [-0.1, -0.05) is 36.4 Å². The van der Waals surface area contributed by atoms with Crippen LogP contribution in [0.3, 0.4) is 0 Å². The maximum Gasteiger partial charge on any atom is 0.324 e. The second-order valence-electron chi connectivity index (χ2n) is 4.14. The third-order valence-corrected chi connectivity index (χ3v) is 5.30. The zero-order valence-corrected chi connectivity index (χ0v) is 11.8. The first-order valence-corrected chi connectivity index (χ1v) is 7.85. The molecule has 0 aliphatic rings. The predicted octanol–water partition coefficient (Wildman–Crippen LogP) is 2.74. The van der Waals surface area contributed by atoms with Crippen molar-refractivity contribution in [2.24, 2.45) is 0 Å². The lowest BCUT2D eigenvalue weighted by Crippen LogP contribution is -2.34. The van der Waals surface area contributed by atoms with E-state index in [1.54, 1.807) is 42.5 Å². The molecule has 19 heavy (non-hydrogen) atoms. The molecule has 6 heteroatoms. The molecule has 2 aromatic rings. The molecule has 0 aliphatic carbocycles. The minimum absolute atomic E-state index is 0.0261. The maximum absolute atomic E-state index is 11.8. The lowest BCUT2D eigenvalue weighted by molar-refractivity contribution is -0.140.